The van der Waals surface area contributed by atoms with Crippen molar-refractivity contribution in [1.82, 2.24) is 0 Å². The van der Waals surface area contributed by atoms with Crippen LogP contribution < -0.4 is 0 Å². The van der Waals surface area contributed by atoms with Crippen molar-refractivity contribution in [2.75, 3.05) is 26.4 Å². The van der Waals surface area contributed by atoms with Gasteiger partial charge in [-0.25, -0.2) is 0 Å². The number of aliphatic hydroxyl groups is 1. The summed E-state index contributed by atoms with van der Waals surface area (Å²) in [6, 6.07) is 19.6. The number of aliphatic hydroxyl groups excluding tert-OH is 1. The highest BCUT2D eigenvalue weighted by atomic mass is 16.6. The van der Waals surface area contributed by atoms with Crippen molar-refractivity contribution < 1.29 is 28.8 Å². The lowest BCUT2D eigenvalue weighted by Crippen LogP contribution is -2.37. The van der Waals surface area contributed by atoms with Crippen LogP contribution in [0, 0.1) is 5.41 Å². The quantitative estimate of drug-likeness (QED) is 0.349. The normalized spacial score (nSPS) is 13.5. The SMILES string of the molecule is CC(C)(C)C(=O)OCCCOC(COCc1ccccc1)C(O)COCc1ccccc1. The van der Waals surface area contributed by atoms with E-state index in [-0.39, 0.29) is 25.8 Å². The molecule has 0 radical (unpaired) electrons. The Hall–Kier alpha value is -2.25. The van der Waals surface area contributed by atoms with Crippen LogP contribution in [0.2, 0.25) is 0 Å². The molecule has 0 saturated heterocycles. The summed E-state index contributed by atoms with van der Waals surface area (Å²) in [5.74, 6) is -0.241. The van der Waals surface area contributed by atoms with Crippen LogP contribution in [0.5, 0.6) is 0 Å². The van der Waals surface area contributed by atoms with E-state index >= 15 is 0 Å². The van der Waals surface area contributed by atoms with Crippen molar-refractivity contribution in [2.45, 2.75) is 52.6 Å². The molecule has 176 valence electrons. The molecule has 2 aromatic carbocycles. The minimum atomic E-state index is -0.841. The lowest BCUT2D eigenvalue weighted by atomic mass is 9.97. The molecule has 2 rings (SSSR count). The maximum atomic E-state index is 11.8. The van der Waals surface area contributed by atoms with Crippen molar-refractivity contribution in [3.05, 3.63) is 71.8 Å². The molecule has 0 heterocycles. The Morgan fingerprint density at radius 1 is 0.844 bits per heavy atom. The van der Waals surface area contributed by atoms with Gasteiger partial charge in [-0.3, -0.25) is 4.79 Å². The highest BCUT2D eigenvalue weighted by molar-refractivity contribution is 5.75. The molecular formula is C26H36O6. The van der Waals surface area contributed by atoms with Crippen LogP contribution in [0.3, 0.4) is 0 Å². The third-order valence-electron chi connectivity index (χ3n) is 4.69. The average Bonchev–Trinajstić information content (AvgIpc) is 2.78. The summed E-state index contributed by atoms with van der Waals surface area (Å²) in [5.41, 5.74) is 1.56. The van der Waals surface area contributed by atoms with Gasteiger partial charge in [-0.15, -0.1) is 0 Å². The predicted molar refractivity (Wildman–Crippen MR) is 123 cm³/mol. The van der Waals surface area contributed by atoms with Gasteiger partial charge in [-0.05, 0) is 31.9 Å². The molecule has 0 aliphatic heterocycles. The monoisotopic (exact) mass is 444 g/mol. The third kappa shape index (κ3) is 10.4. The molecule has 0 spiro atoms. The van der Waals surface area contributed by atoms with E-state index in [0.717, 1.165) is 11.1 Å². The van der Waals surface area contributed by atoms with Gasteiger partial charge < -0.3 is 24.1 Å². The maximum absolute atomic E-state index is 11.8. The Morgan fingerprint density at radius 2 is 1.38 bits per heavy atom. The Bertz CT molecular complexity index is 757. The minimum Gasteiger partial charge on any atom is -0.465 e. The zero-order valence-electron chi connectivity index (χ0n) is 19.4. The van der Waals surface area contributed by atoms with Crippen LogP contribution in [-0.2, 0) is 37.0 Å². The molecule has 2 aromatic rings. The number of ether oxygens (including phenoxy) is 4. The maximum Gasteiger partial charge on any atom is 0.311 e. The van der Waals surface area contributed by atoms with E-state index < -0.39 is 17.6 Å². The molecule has 0 aliphatic carbocycles. The van der Waals surface area contributed by atoms with Crippen LogP contribution in [0.15, 0.2) is 60.7 Å². The smallest absolute Gasteiger partial charge is 0.311 e. The molecule has 0 saturated carbocycles. The first-order valence-electron chi connectivity index (χ1n) is 11.1. The van der Waals surface area contributed by atoms with Gasteiger partial charge in [0.2, 0.25) is 0 Å². The number of rotatable bonds is 14. The molecule has 2 unspecified atom stereocenters. The molecule has 32 heavy (non-hydrogen) atoms. The van der Waals surface area contributed by atoms with E-state index in [4.69, 9.17) is 18.9 Å². The van der Waals surface area contributed by atoms with E-state index in [1.54, 1.807) is 0 Å². The predicted octanol–water partition coefficient (Wildman–Crippen LogP) is 4.15. The second kappa shape index (κ2) is 14.0. The summed E-state index contributed by atoms with van der Waals surface area (Å²) >= 11 is 0. The average molecular weight is 445 g/mol. The lowest BCUT2D eigenvalue weighted by molar-refractivity contribution is -0.154. The van der Waals surface area contributed by atoms with Gasteiger partial charge in [0.05, 0.1) is 45.1 Å². The van der Waals surface area contributed by atoms with Gasteiger partial charge in [0.1, 0.15) is 12.2 Å². The second-order valence-corrected chi connectivity index (χ2v) is 8.72. The van der Waals surface area contributed by atoms with Gasteiger partial charge in [-0.1, -0.05) is 60.7 Å². The van der Waals surface area contributed by atoms with Gasteiger partial charge in [0.15, 0.2) is 0 Å². The first-order chi connectivity index (χ1) is 15.4. The summed E-state index contributed by atoms with van der Waals surface area (Å²) in [4.78, 5) is 11.8. The fraction of sp³-hybridized carbons (Fsp3) is 0.500. The molecular weight excluding hydrogens is 408 g/mol. The Labute approximate surface area is 191 Å². The highest BCUT2D eigenvalue weighted by Gasteiger charge is 2.23. The highest BCUT2D eigenvalue weighted by Crippen LogP contribution is 2.15. The van der Waals surface area contributed by atoms with Crippen molar-refractivity contribution in [2.24, 2.45) is 5.41 Å². The van der Waals surface area contributed by atoms with Crippen LogP contribution in [-0.4, -0.2) is 49.7 Å². The fourth-order valence-electron chi connectivity index (χ4n) is 2.79. The topological polar surface area (TPSA) is 74.2 Å². The third-order valence-corrected chi connectivity index (χ3v) is 4.69. The first-order valence-corrected chi connectivity index (χ1v) is 11.1. The lowest BCUT2D eigenvalue weighted by Gasteiger charge is -2.24. The summed E-state index contributed by atoms with van der Waals surface area (Å²) < 4.78 is 22.6. The van der Waals surface area contributed by atoms with Crippen molar-refractivity contribution >= 4 is 5.97 Å². The van der Waals surface area contributed by atoms with E-state index in [1.165, 1.54) is 0 Å². The van der Waals surface area contributed by atoms with Gasteiger partial charge in [-0.2, -0.15) is 0 Å². The molecule has 0 aliphatic rings. The fourth-order valence-corrected chi connectivity index (χ4v) is 2.79. The van der Waals surface area contributed by atoms with Crippen molar-refractivity contribution in [3.8, 4) is 0 Å². The van der Waals surface area contributed by atoms with Crippen LogP contribution >= 0.6 is 0 Å². The summed E-state index contributed by atoms with van der Waals surface area (Å²) in [5, 5.41) is 10.6. The molecule has 6 nitrogen and oxygen atoms in total. The zero-order valence-corrected chi connectivity index (χ0v) is 19.4. The molecule has 0 aromatic heterocycles. The van der Waals surface area contributed by atoms with Crippen LogP contribution in [0.4, 0.5) is 0 Å². The number of hydrogen-bond donors (Lipinski definition) is 1. The molecule has 1 N–H and O–H groups in total. The number of hydrogen-bond acceptors (Lipinski definition) is 6. The van der Waals surface area contributed by atoms with Gasteiger partial charge in [0.25, 0.3) is 0 Å². The number of carbonyl (C=O) groups is 1. The van der Waals surface area contributed by atoms with E-state index in [0.29, 0.717) is 26.2 Å². The second-order valence-electron chi connectivity index (χ2n) is 8.72. The number of carbonyl (C=O) groups excluding carboxylic acids is 1. The molecule has 2 atom stereocenters. The minimum absolute atomic E-state index is 0.132. The van der Waals surface area contributed by atoms with E-state index in [2.05, 4.69) is 0 Å². The molecule has 0 fully saturated rings. The molecule has 0 amide bonds. The van der Waals surface area contributed by atoms with Gasteiger partial charge >= 0.3 is 5.97 Å². The van der Waals surface area contributed by atoms with Gasteiger partial charge in [0, 0.05) is 6.42 Å². The first kappa shape index (κ1) is 26.0. The van der Waals surface area contributed by atoms with Crippen molar-refractivity contribution in [3.63, 3.8) is 0 Å². The number of benzene rings is 2. The Morgan fingerprint density at radius 3 is 1.91 bits per heavy atom. The summed E-state index contributed by atoms with van der Waals surface area (Å²) in [6.45, 7) is 7.27. The van der Waals surface area contributed by atoms with Crippen LogP contribution in [0.25, 0.3) is 0 Å². The van der Waals surface area contributed by atoms with E-state index in [9.17, 15) is 9.90 Å². The largest absolute Gasteiger partial charge is 0.465 e. The molecule has 6 heteroatoms. The number of esters is 1. The van der Waals surface area contributed by atoms with Crippen LogP contribution in [0.1, 0.15) is 38.3 Å². The van der Waals surface area contributed by atoms with Crippen molar-refractivity contribution in [1.29, 1.82) is 0 Å². The standard InChI is InChI=1S/C26H36O6/c1-26(2,3)25(28)32-16-10-15-31-24(20-30-18-22-13-8-5-9-14-22)23(27)19-29-17-21-11-6-4-7-12-21/h4-9,11-14,23-24,27H,10,15-20H2,1-3H3. The Balaban J connectivity index is 1.77. The molecule has 0 bridgehead atoms. The van der Waals surface area contributed by atoms with E-state index in [1.807, 2.05) is 81.4 Å². The summed E-state index contributed by atoms with van der Waals surface area (Å²) in [6.07, 6.45) is -0.853. The Kier molecular flexibility index (Phi) is 11.4. The zero-order chi connectivity index (χ0) is 23.2. The summed E-state index contributed by atoms with van der Waals surface area (Å²) in [7, 11) is 0.